The number of carboxylic acids is 1. The van der Waals surface area contributed by atoms with Crippen molar-refractivity contribution in [2.45, 2.75) is 38.8 Å². The number of carboxylic acid groups (broad SMARTS) is 1. The van der Waals surface area contributed by atoms with E-state index in [9.17, 15) is 9.59 Å². The smallest absolute Gasteiger partial charge is 0.408 e. The van der Waals surface area contributed by atoms with Crippen LogP contribution >= 0.6 is 0 Å². The minimum atomic E-state index is -1.18. The maximum atomic E-state index is 11.6. The van der Waals surface area contributed by atoms with E-state index < -0.39 is 23.7 Å². The Bertz CT molecular complexity index is 572. The molecule has 1 aromatic rings. The second-order valence-electron chi connectivity index (χ2n) is 5.40. The maximum absolute atomic E-state index is 11.6. The predicted octanol–water partition coefficient (Wildman–Crippen LogP) is 1.47. The second-order valence-corrected chi connectivity index (χ2v) is 5.40. The highest BCUT2D eigenvalue weighted by atomic mass is 16.6. The molecule has 0 saturated carbocycles. The van der Waals surface area contributed by atoms with Gasteiger partial charge < -0.3 is 15.2 Å². The quantitative estimate of drug-likeness (QED) is 0.868. The van der Waals surface area contributed by atoms with Gasteiger partial charge >= 0.3 is 12.1 Å². The molecule has 1 atom stereocenters. The Kier molecular flexibility index (Phi) is 5.24. The molecule has 0 saturated heterocycles. The average Bonchev–Trinajstić information content (AvgIpc) is 2.36. The van der Waals surface area contributed by atoms with Crippen LogP contribution in [0.25, 0.3) is 0 Å². The number of nitrogens with zero attached hydrogens (tertiary/aromatic N) is 2. The number of amides is 1. The van der Waals surface area contributed by atoms with Crippen LogP contribution in [0.15, 0.2) is 18.3 Å². The number of nitrogens with one attached hydrogen (secondary N) is 1. The molecule has 112 valence electrons. The zero-order chi connectivity index (χ0) is 16.0. The topological polar surface area (TPSA) is 112 Å². The van der Waals surface area contributed by atoms with Crippen LogP contribution < -0.4 is 5.32 Å². The van der Waals surface area contributed by atoms with Crippen molar-refractivity contribution in [1.29, 1.82) is 5.26 Å². The number of alkyl carbamates (subject to hydrolysis) is 1. The molecule has 0 bridgehead atoms. The Morgan fingerprint density at radius 3 is 2.71 bits per heavy atom. The minimum Gasteiger partial charge on any atom is -0.480 e. The molecule has 0 radical (unpaired) electrons. The molecular formula is C14H17N3O4. The van der Waals surface area contributed by atoms with Crippen LogP contribution in [-0.4, -0.2) is 33.8 Å². The number of carbonyl (C=O) groups is 2. The van der Waals surface area contributed by atoms with Gasteiger partial charge in [-0.15, -0.1) is 0 Å². The van der Waals surface area contributed by atoms with Gasteiger partial charge in [-0.2, -0.15) is 5.26 Å². The van der Waals surface area contributed by atoms with E-state index >= 15 is 0 Å². The highest BCUT2D eigenvalue weighted by Gasteiger charge is 2.24. The van der Waals surface area contributed by atoms with Crippen LogP contribution in [0, 0.1) is 11.3 Å². The van der Waals surface area contributed by atoms with Gasteiger partial charge in [0.25, 0.3) is 0 Å². The summed E-state index contributed by atoms with van der Waals surface area (Å²) in [6, 6.07) is 3.80. The molecule has 1 heterocycles. The van der Waals surface area contributed by atoms with Gasteiger partial charge in [0.2, 0.25) is 0 Å². The van der Waals surface area contributed by atoms with E-state index in [1.165, 1.54) is 12.3 Å². The lowest BCUT2D eigenvalue weighted by atomic mass is 10.1. The molecule has 0 fully saturated rings. The zero-order valence-corrected chi connectivity index (χ0v) is 12.1. The summed E-state index contributed by atoms with van der Waals surface area (Å²) in [6.07, 6.45) is 0.649. The standard InChI is InChI=1S/C14H17N3O4/c1-14(2,3)21-13(20)17-11(12(18)19)7-9-4-5-16-10(6-9)8-15/h4-6,11H,7H2,1-3H3,(H,17,20)(H,18,19). The molecule has 1 unspecified atom stereocenters. The first kappa shape index (κ1) is 16.4. The molecular weight excluding hydrogens is 274 g/mol. The van der Waals surface area contributed by atoms with Gasteiger partial charge in [0.05, 0.1) is 0 Å². The van der Waals surface area contributed by atoms with Gasteiger partial charge in [-0.05, 0) is 38.5 Å². The van der Waals surface area contributed by atoms with Crippen molar-refractivity contribution >= 4 is 12.1 Å². The van der Waals surface area contributed by atoms with E-state index in [1.54, 1.807) is 26.8 Å². The number of hydrogen-bond acceptors (Lipinski definition) is 5. The van der Waals surface area contributed by atoms with E-state index in [0.717, 1.165) is 0 Å². The summed E-state index contributed by atoms with van der Waals surface area (Å²) >= 11 is 0. The third-order valence-electron chi connectivity index (χ3n) is 2.37. The van der Waals surface area contributed by atoms with Crippen LogP contribution in [-0.2, 0) is 16.0 Å². The van der Waals surface area contributed by atoms with Crippen LogP contribution in [0.4, 0.5) is 4.79 Å². The predicted molar refractivity (Wildman–Crippen MR) is 73.4 cm³/mol. The van der Waals surface area contributed by atoms with E-state index in [1.807, 2.05) is 6.07 Å². The fraction of sp³-hybridized carbons (Fsp3) is 0.429. The molecule has 1 rings (SSSR count). The first-order chi connectivity index (χ1) is 9.71. The molecule has 21 heavy (non-hydrogen) atoms. The Morgan fingerprint density at radius 1 is 1.52 bits per heavy atom. The fourth-order valence-electron chi connectivity index (χ4n) is 1.55. The van der Waals surface area contributed by atoms with Crippen LogP contribution in [0.1, 0.15) is 32.0 Å². The normalized spacial score (nSPS) is 12.1. The van der Waals surface area contributed by atoms with Gasteiger partial charge in [-0.25, -0.2) is 14.6 Å². The Labute approximate surface area is 122 Å². The monoisotopic (exact) mass is 291 g/mol. The number of rotatable bonds is 4. The largest absolute Gasteiger partial charge is 0.480 e. The number of carbonyl (C=O) groups excluding carboxylic acids is 1. The molecule has 0 aliphatic carbocycles. The van der Waals surface area contributed by atoms with Gasteiger partial charge in [0.15, 0.2) is 0 Å². The summed E-state index contributed by atoms with van der Waals surface area (Å²) in [5.74, 6) is -1.18. The number of aromatic nitrogens is 1. The SMILES string of the molecule is CC(C)(C)OC(=O)NC(Cc1ccnc(C#N)c1)C(=O)O. The minimum absolute atomic E-state index is 0.0335. The van der Waals surface area contributed by atoms with Crippen molar-refractivity contribution in [3.05, 3.63) is 29.6 Å². The van der Waals surface area contributed by atoms with Crippen LogP contribution in [0.2, 0.25) is 0 Å². The van der Waals surface area contributed by atoms with Gasteiger partial charge in [-0.1, -0.05) is 0 Å². The molecule has 0 spiro atoms. The lowest BCUT2D eigenvalue weighted by Gasteiger charge is -2.22. The van der Waals surface area contributed by atoms with E-state index in [2.05, 4.69) is 10.3 Å². The summed E-state index contributed by atoms with van der Waals surface area (Å²) in [4.78, 5) is 26.6. The zero-order valence-electron chi connectivity index (χ0n) is 12.1. The van der Waals surface area contributed by atoms with Crippen LogP contribution in [0.3, 0.4) is 0 Å². The van der Waals surface area contributed by atoms with Crippen molar-refractivity contribution in [1.82, 2.24) is 10.3 Å². The summed E-state index contributed by atoms with van der Waals surface area (Å²) in [5.41, 5.74) is 0.0662. The molecule has 1 amide bonds. The highest BCUT2D eigenvalue weighted by molar-refractivity contribution is 5.80. The molecule has 0 aromatic carbocycles. The molecule has 2 N–H and O–H groups in total. The number of ether oxygens (including phenoxy) is 1. The van der Waals surface area contributed by atoms with Crippen molar-refractivity contribution in [3.63, 3.8) is 0 Å². The second kappa shape index (κ2) is 6.70. The third kappa shape index (κ3) is 5.91. The fourth-order valence-corrected chi connectivity index (χ4v) is 1.55. The van der Waals surface area contributed by atoms with E-state index in [-0.39, 0.29) is 12.1 Å². The molecule has 0 aliphatic heterocycles. The molecule has 1 aromatic heterocycles. The maximum Gasteiger partial charge on any atom is 0.408 e. The van der Waals surface area contributed by atoms with E-state index in [4.69, 9.17) is 15.1 Å². The van der Waals surface area contributed by atoms with E-state index in [0.29, 0.717) is 5.56 Å². The molecule has 7 nitrogen and oxygen atoms in total. The van der Waals surface area contributed by atoms with Crippen molar-refractivity contribution in [2.24, 2.45) is 0 Å². The Hall–Kier alpha value is -2.62. The third-order valence-corrected chi connectivity index (χ3v) is 2.37. The average molecular weight is 291 g/mol. The lowest BCUT2D eigenvalue weighted by molar-refractivity contribution is -0.139. The first-order valence-electron chi connectivity index (χ1n) is 6.28. The van der Waals surface area contributed by atoms with Crippen molar-refractivity contribution < 1.29 is 19.4 Å². The highest BCUT2D eigenvalue weighted by Crippen LogP contribution is 2.09. The number of aliphatic carboxylic acids is 1. The van der Waals surface area contributed by atoms with Crippen molar-refractivity contribution in [3.8, 4) is 6.07 Å². The van der Waals surface area contributed by atoms with Gasteiger partial charge in [0, 0.05) is 12.6 Å². The lowest BCUT2D eigenvalue weighted by Crippen LogP contribution is -2.44. The summed E-state index contributed by atoms with van der Waals surface area (Å²) in [7, 11) is 0. The Balaban J connectivity index is 2.77. The summed E-state index contributed by atoms with van der Waals surface area (Å²) < 4.78 is 5.02. The van der Waals surface area contributed by atoms with Crippen molar-refractivity contribution in [2.75, 3.05) is 0 Å². The number of pyridine rings is 1. The molecule has 0 aliphatic rings. The van der Waals surface area contributed by atoms with Gasteiger partial charge in [0.1, 0.15) is 23.4 Å². The van der Waals surface area contributed by atoms with Gasteiger partial charge in [-0.3, -0.25) is 0 Å². The number of nitriles is 1. The summed E-state index contributed by atoms with van der Waals surface area (Å²) in [6.45, 7) is 5.05. The first-order valence-corrected chi connectivity index (χ1v) is 6.28. The number of hydrogen-bond donors (Lipinski definition) is 2. The van der Waals surface area contributed by atoms with Crippen LogP contribution in [0.5, 0.6) is 0 Å². The Morgan fingerprint density at radius 2 is 2.19 bits per heavy atom. The summed E-state index contributed by atoms with van der Waals surface area (Å²) in [5, 5.41) is 20.2. The molecule has 7 heteroatoms.